The van der Waals surface area contributed by atoms with E-state index >= 15 is 0 Å². The highest BCUT2D eigenvalue weighted by Crippen LogP contribution is 2.04. The number of aryl methyl sites for hydroxylation is 2. The number of carbonyl (C=O) groups is 1. The van der Waals surface area contributed by atoms with E-state index in [0.717, 1.165) is 12.0 Å². The lowest BCUT2D eigenvalue weighted by Crippen LogP contribution is -2.42. The quantitative estimate of drug-likeness (QED) is 0.805. The summed E-state index contributed by atoms with van der Waals surface area (Å²) in [7, 11) is 0. The van der Waals surface area contributed by atoms with Crippen molar-refractivity contribution in [2.24, 2.45) is 5.73 Å². The van der Waals surface area contributed by atoms with Gasteiger partial charge in [0.05, 0.1) is 18.8 Å². The minimum atomic E-state index is -0.468. The average Bonchev–Trinajstić information content (AvgIpc) is 2.91. The molecule has 5 nitrogen and oxygen atoms in total. The van der Waals surface area contributed by atoms with Gasteiger partial charge in [0.25, 0.3) is 0 Å². The number of hydrogen-bond acceptors (Lipinski definition) is 3. The fourth-order valence-corrected chi connectivity index (χ4v) is 2.11. The van der Waals surface area contributed by atoms with Crippen LogP contribution in [0, 0.1) is 6.92 Å². The van der Waals surface area contributed by atoms with Crippen LogP contribution in [0.1, 0.15) is 17.5 Å². The van der Waals surface area contributed by atoms with Crippen LogP contribution >= 0.6 is 0 Å². The van der Waals surface area contributed by atoms with Crippen LogP contribution < -0.4 is 11.1 Å². The van der Waals surface area contributed by atoms with Crippen molar-refractivity contribution in [2.75, 3.05) is 6.54 Å². The molecule has 0 saturated carbocycles. The molecule has 0 fully saturated rings. The SMILES string of the molecule is Cc1cnn(CCNC(=O)[C@@H](N)CCc2ccccc2)c1. The molecule has 112 valence electrons. The maximum absolute atomic E-state index is 11.9. The van der Waals surface area contributed by atoms with Gasteiger partial charge >= 0.3 is 0 Å². The van der Waals surface area contributed by atoms with Crippen LogP contribution in [0.2, 0.25) is 0 Å². The number of aromatic nitrogens is 2. The Kier molecular flexibility index (Phi) is 5.51. The highest BCUT2D eigenvalue weighted by molar-refractivity contribution is 5.81. The number of benzene rings is 1. The molecule has 1 aromatic heterocycles. The molecule has 5 heteroatoms. The Hall–Kier alpha value is -2.14. The minimum absolute atomic E-state index is 0.102. The summed E-state index contributed by atoms with van der Waals surface area (Å²) in [6.45, 7) is 3.19. The lowest BCUT2D eigenvalue weighted by Gasteiger charge is -2.12. The van der Waals surface area contributed by atoms with E-state index in [1.54, 1.807) is 6.20 Å². The molecule has 2 aromatic rings. The second-order valence-electron chi connectivity index (χ2n) is 5.20. The number of nitrogens with zero attached hydrogens (tertiary/aromatic N) is 2. The molecule has 0 radical (unpaired) electrons. The van der Waals surface area contributed by atoms with Crippen molar-refractivity contribution < 1.29 is 4.79 Å². The topological polar surface area (TPSA) is 72.9 Å². The zero-order chi connectivity index (χ0) is 15.1. The molecule has 0 aliphatic heterocycles. The molecule has 3 N–H and O–H groups in total. The van der Waals surface area contributed by atoms with E-state index in [2.05, 4.69) is 10.4 Å². The maximum Gasteiger partial charge on any atom is 0.236 e. The summed E-state index contributed by atoms with van der Waals surface area (Å²) >= 11 is 0. The van der Waals surface area contributed by atoms with E-state index in [0.29, 0.717) is 19.5 Å². The molecule has 1 aromatic carbocycles. The van der Waals surface area contributed by atoms with Gasteiger partial charge in [-0.1, -0.05) is 30.3 Å². The van der Waals surface area contributed by atoms with Gasteiger partial charge in [-0.3, -0.25) is 9.48 Å². The van der Waals surface area contributed by atoms with Crippen LogP contribution in [0.5, 0.6) is 0 Å². The molecule has 2 rings (SSSR count). The van der Waals surface area contributed by atoms with Gasteiger partial charge in [0, 0.05) is 12.7 Å². The number of hydrogen-bond donors (Lipinski definition) is 2. The molecule has 1 heterocycles. The summed E-state index contributed by atoms with van der Waals surface area (Å²) in [4.78, 5) is 11.9. The first kappa shape index (κ1) is 15.3. The van der Waals surface area contributed by atoms with Crippen molar-refractivity contribution in [3.05, 3.63) is 53.9 Å². The summed E-state index contributed by atoms with van der Waals surface area (Å²) in [5.74, 6) is -0.102. The van der Waals surface area contributed by atoms with Crippen LogP contribution in [-0.2, 0) is 17.8 Å². The van der Waals surface area contributed by atoms with Crippen LogP contribution in [-0.4, -0.2) is 28.3 Å². The molecular formula is C16H22N4O. The van der Waals surface area contributed by atoms with Gasteiger partial charge in [-0.2, -0.15) is 5.10 Å². The monoisotopic (exact) mass is 286 g/mol. The molecule has 1 atom stereocenters. The molecular weight excluding hydrogens is 264 g/mol. The van der Waals surface area contributed by atoms with Crippen molar-refractivity contribution in [3.63, 3.8) is 0 Å². The number of nitrogens with two attached hydrogens (primary N) is 1. The van der Waals surface area contributed by atoms with E-state index < -0.39 is 6.04 Å². The number of rotatable bonds is 7. The summed E-state index contributed by atoms with van der Waals surface area (Å²) in [6, 6.07) is 9.59. The Labute approximate surface area is 125 Å². The maximum atomic E-state index is 11.9. The lowest BCUT2D eigenvalue weighted by atomic mass is 10.1. The van der Waals surface area contributed by atoms with Gasteiger partial charge in [0.15, 0.2) is 0 Å². The van der Waals surface area contributed by atoms with Gasteiger partial charge < -0.3 is 11.1 Å². The Balaban J connectivity index is 1.67. The summed E-state index contributed by atoms with van der Waals surface area (Å²) in [6.07, 6.45) is 5.21. The first-order valence-corrected chi connectivity index (χ1v) is 7.21. The van der Waals surface area contributed by atoms with E-state index in [9.17, 15) is 4.79 Å². The Bertz CT molecular complexity index is 565. The van der Waals surface area contributed by atoms with E-state index in [-0.39, 0.29) is 5.91 Å². The number of carbonyl (C=O) groups excluding carboxylic acids is 1. The third-order valence-electron chi connectivity index (χ3n) is 3.33. The van der Waals surface area contributed by atoms with Crippen molar-refractivity contribution in [1.82, 2.24) is 15.1 Å². The molecule has 0 aliphatic carbocycles. The highest BCUT2D eigenvalue weighted by Gasteiger charge is 2.12. The van der Waals surface area contributed by atoms with Gasteiger partial charge in [-0.05, 0) is 30.9 Å². The smallest absolute Gasteiger partial charge is 0.236 e. The third kappa shape index (κ3) is 5.04. The second kappa shape index (κ2) is 7.59. The predicted molar refractivity (Wildman–Crippen MR) is 82.7 cm³/mol. The molecule has 0 unspecified atom stereocenters. The Morgan fingerprint density at radius 3 is 2.81 bits per heavy atom. The van der Waals surface area contributed by atoms with E-state index in [1.165, 1.54) is 5.56 Å². The third-order valence-corrected chi connectivity index (χ3v) is 3.33. The largest absolute Gasteiger partial charge is 0.353 e. The second-order valence-corrected chi connectivity index (χ2v) is 5.20. The minimum Gasteiger partial charge on any atom is -0.353 e. The zero-order valence-corrected chi connectivity index (χ0v) is 12.3. The van der Waals surface area contributed by atoms with Crippen LogP contribution in [0.4, 0.5) is 0 Å². The Morgan fingerprint density at radius 2 is 2.14 bits per heavy atom. The fourth-order valence-electron chi connectivity index (χ4n) is 2.11. The van der Waals surface area contributed by atoms with Crippen molar-refractivity contribution in [3.8, 4) is 0 Å². The molecule has 0 bridgehead atoms. The molecule has 0 aliphatic rings. The molecule has 0 spiro atoms. The number of amides is 1. The van der Waals surface area contributed by atoms with Crippen molar-refractivity contribution in [2.45, 2.75) is 32.4 Å². The normalized spacial score (nSPS) is 12.1. The van der Waals surface area contributed by atoms with Crippen LogP contribution in [0.25, 0.3) is 0 Å². The molecule has 21 heavy (non-hydrogen) atoms. The summed E-state index contributed by atoms with van der Waals surface area (Å²) in [5, 5.41) is 7.02. The standard InChI is InChI=1S/C16H22N4O/c1-13-11-19-20(12-13)10-9-18-16(21)15(17)8-7-14-5-3-2-4-6-14/h2-6,11-12,15H,7-10,17H2,1H3,(H,18,21)/t15-/m0/s1. The summed E-state index contributed by atoms with van der Waals surface area (Å²) in [5.41, 5.74) is 8.23. The van der Waals surface area contributed by atoms with Crippen molar-refractivity contribution >= 4 is 5.91 Å². The molecule has 1 amide bonds. The van der Waals surface area contributed by atoms with E-state index in [1.807, 2.05) is 48.1 Å². The van der Waals surface area contributed by atoms with Gasteiger partial charge in [-0.25, -0.2) is 0 Å². The van der Waals surface area contributed by atoms with Gasteiger partial charge in [-0.15, -0.1) is 0 Å². The van der Waals surface area contributed by atoms with Crippen molar-refractivity contribution in [1.29, 1.82) is 0 Å². The lowest BCUT2D eigenvalue weighted by molar-refractivity contribution is -0.122. The van der Waals surface area contributed by atoms with Gasteiger partial charge in [0.2, 0.25) is 5.91 Å². The van der Waals surface area contributed by atoms with Crippen LogP contribution in [0.15, 0.2) is 42.7 Å². The highest BCUT2D eigenvalue weighted by atomic mass is 16.2. The summed E-state index contributed by atoms with van der Waals surface area (Å²) < 4.78 is 1.81. The van der Waals surface area contributed by atoms with E-state index in [4.69, 9.17) is 5.73 Å². The predicted octanol–water partition coefficient (Wildman–Crippen LogP) is 1.27. The number of nitrogens with one attached hydrogen (secondary N) is 1. The fraction of sp³-hybridized carbons (Fsp3) is 0.375. The van der Waals surface area contributed by atoms with Crippen LogP contribution in [0.3, 0.4) is 0 Å². The Morgan fingerprint density at radius 1 is 1.38 bits per heavy atom. The average molecular weight is 286 g/mol. The first-order valence-electron chi connectivity index (χ1n) is 7.21. The zero-order valence-electron chi connectivity index (χ0n) is 12.3. The first-order chi connectivity index (χ1) is 10.1. The van der Waals surface area contributed by atoms with Gasteiger partial charge in [0.1, 0.15) is 0 Å². The molecule has 0 saturated heterocycles.